The van der Waals surface area contributed by atoms with E-state index in [1.165, 1.54) is 19.8 Å². The van der Waals surface area contributed by atoms with E-state index in [4.69, 9.17) is 4.74 Å². The Kier molecular flexibility index (Phi) is 4.71. The van der Waals surface area contributed by atoms with Crippen molar-refractivity contribution in [1.82, 2.24) is 0 Å². The number of carbonyl (C=O) groups excluding carboxylic acids is 1. The molecule has 0 saturated heterocycles. The number of esters is 1. The highest BCUT2D eigenvalue weighted by molar-refractivity contribution is 5.66. The molecule has 2 atom stereocenters. The molecule has 1 aliphatic rings. The first-order chi connectivity index (χ1) is 6.74. The lowest BCUT2D eigenvalue weighted by Crippen LogP contribution is -2.20. The topological polar surface area (TPSA) is 26.3 Å². The van der Waals surface area contributed by atoms with Crippen LogP contribution in [-0.4, -0.2) is 12.1 Å². The van der Waals surface area contributed by atoms with Crippen molar-refractivity contribution in [3.63, 3.8) is 0 Å². The van der Waals surface area contributed by atoms with Gasteiger partial charge in [-0.15, -0.1) is 0 Å². The van der Waals surface area contributed by atoms with Crippen LogP contribution in [0.4, 0.5) is 0 Å². The summed E-state index contributed by atoms with van der Waals surface area (Å²) in [7, 11) is 0. The van der Waals surface area contributed by atoms with Gasteiger partial charge in [-0.05, 0) is 38.0 Å². The molecule has 0 aromatic rings. The number of ether oxygens (including phenoxy) is 1. The quantitative estimate of drug-likeness (QED) is 0.510. The van der Waals surface area contributed by atoms with Crippen LogP contribution < -0.4 is 0 Å². The molecule has 0 aliphatic heterocycles. The van der Waals surface area contributed by atoms with E-state index >= 15 is 0 Å². The first kappa shape index (κ1) is 11.3. The molecular formula is C12H20O2. The highest BCUT2D eigenvalue weighted by atomic mass is 16.5. The molecule has 0 radical (unpaired) electrons. The number of rotatable bonds is 4. The molecule has 1 aliphatic carbocycles. The summed E-state index contributed by atoms with van der Waals surface area (Å²) in [5.74, 6) is 0.420. The lowest BCUT2D eigenvalue weighted by atomic mass is 10.0. The van der Waals surface area contributed by atoms with Crippen molar-refractivity contribution in [3.05, 3.63) is 12.2 Å². The van der Waals surface area contributed by atoms with E-state index in [1.807, 2.05) is 0 Å². The Balaban J connectivity index is 2.35. The van der Waals surface area contributed by atoms with E-state index in [0.29, 0.717) is 5.92 Å². The van der Waals surface area contributed by atoms with Gasteiger partial charge in [0.2, 0.25) is 0 Å². The van der Waals surface area contributed by atoms with Gasteiger partial charge in [0, 0.05) is 6.92 Å². The fraction of sp³-hybridized carbons (Fsp3) is 0.750. The number of hydrogen-bond acceptors (Lipinski definition) is 2. The van der Waals surface area contributed by atoms with Crippen LogP contribution in [0.15, 0.2) is 12.2 Å². The van der Waals surface area contributed by atoms with Crippen molar-refractivity contribution in [2.75, 3.05) is 0 Å². The fourth-order valence-electron chi connectivity index (χ4n) is 2.08. The van der Waals surface area contributed by atoms with Crippen molar-refractivity contribution in [1.29, 1.82) is 0 Å². The van der Waals surface area contributed by atoms with Gasteiger partial charge >= 0.3 is 5.97 Å². The molecule has 2 unspecified atom stereocenters. The van der Waals surface area contributed by atoms with Crippen molar-refractivity contribution >= 4 is 5.97 Å². The monoisotopic (exact) mass is 196 g/mol. The summed E-state index contributed by atoms with van der Waals surface area (Å²) in [6, 6.07) is 0. The first-order valence-electron chi connectivity index (χ1n) is 5.56. The van der Waals surface area contributed by atoms with E-state index in [0.717, 1.165) is 19.3 Å². The average molecular weight is 196 g/mol. The molecular weight excluding hydrogens is 176 g/mol. The van der Waals surface area contributed by atoms with Crippen LogP contribution >= 0.6 is 0 Å². The second-order valence-corrected chi connectivity index (χ2v) is 3.95. The fourth-order valence-corrected chi connectivity index (χ4v) is 2.08. The molecule has 0 aromatic heterocycles. The minimum atomic E-state index is -0.138. The number of carbonyl (C=O) groups is 1. The highest BCUT2D eigenvalue weighted by Gasteiger charge is 2.28. The van der Waals surface area contributed by atoms with Gasteiger partial charge in [-0.3, -0.25) is 4.79 Å². The SMILES string of the molecule is CC/C=C\CC1CCCC1OC(C)=O. The Morgan fingerprint density at radius 1 is 1.43 bits per heavy atom. The molecule has 1 fully saturated rings. The van der Waals surface area contributed by atoms with Gasteiger partial charge in [0.25, 0.3) is 0 Å². The predicted octanol–water partition coefficient (Wildman–Crippen LogP) is 3.07. The third kappa shape index (κ3) is 3.52. The second-order valence-electron chi connectivity index (χ2n) is 3.95. The summed E-state index contributed by atoms with van der Waals surface area (Å²) in [5.41, 5.74) is 0. The Morgan fingerprint density at radius 2 is 2.21 bits per heavy atom. The normalized spacial score (nSPS) is 27.0. The van der Waals surface area contributed by atoms with Crippen molar-refractivity contribution < 1.29 is 9.53 Å². The minimum Gasteiger partial charge on any atom is -0.462 e. The van der Waals surface area contributed by atoms with E-state index in [2.05, 4.69) is 19.1 Å². The Morgan fingerprint density at radius 3 is 2.86 bits per heavy atom. The van der Waals surface area contributed by atoms with Crippen molar-refractivity contribution in [3.8, 4) is 0 Å². The molecule has 0 bridgehead atoms. The summed E-state index contributed by atoms with van der Waals surface area (Å²) >= 11 is 0. The van der Waals surface area contributed by atoms with Crippen LogP contribution in [0.25, 0.3) is 0 Å². The lowest BCUT2D eigenvalue weighted by molar-refractivity contribution is -0.147. The van der Waals surface area contributed by atoms with Crippen LogP contribution in [0, 0.1) is 5.92 Å². The zero-order valence-corrected chi connectivity index (χ0v) is 9.16. The van der Waals surface area contributed by atoms with Gasteiger partial charge in [0.15, 0.2) is 0 Å². The molecule has 14 heavy (non-hydrogen) atoms. The molecule has 0 heterocycles. The van der Waals surface area contributed by atoms with E-state index in [9.17, 15) is 4.79 Å². The second kappa shape index (κ2) is 5.84. The summed E-state index contributed by atoms with van der Waals surface area (Å²) in [6.07, 6.45) is 10.2. The van der Waals surface area contributed by atoms with Crippen molar-refractivity contribution in [2.45, 2.75) is 52.1 Å². The van der Waals surface area contributed by atoms with Gasteiger partial charge in [-0.25, -0.2) is 0 Å². The van der Waals surface area contributed by atoms with E-state index in [1.54, 1.807) is 0 Å². The maximum absolute atomic E-state index is 10.8. The first-order valence-corrected chi connectivity index (χ1v) is 5.56. The van der Waals surface area contributed by atoms with Gasteiger partial charge in [0.05, 0.1) is 0 Å². The van der Waals surface area contributed by atoms with Crippen LogP contribution in [-0.2, 0) is 9.53 Å². The molecule has 0 N–H and O–H groups in total. The van der Waals surface area contributed by atoms with E-state index in [-0.39, 0.29) is 12.1 Å². The Hall–Kier alpha value is -0.790. The third-order valence-electron chi connectivity index (χ3n) is 2.75. The summed E-state index contributed by atoms with van der Waals surface area (Å²) in [4.78, 5) is 10.8. The molecule has 1 saturated carbocycles. The van der Waals surface area contributed by atoms with Crippen LogP contribution in [0.5, 0.6) is 0 Å². The lowest BCUT2D eigenvalue weighted by Gasteiger charge is -2.17. The Labute approximate surface area is 86.3 Å². The van der Waals surface area contributed by atoms with Gasteiger partial charge in [0.1, 0.15) is 6.10 Å². The van der Waals surface area contributed by atoms with Crippen LogP contribution in [0.2, 0.25) is 0 Å². The highest BCUT2D eigenvalue weighted by Crippen LogP contribution is 2.31. The molecule has 2 heteroatoms. The number of allylic oxidation sites excluding steroid dienone is 2. The summed E-state index contributed by atoms with van der Waals surface area (Å²) in [6.45, 7) is 3.63. The maximum atomic E-state index is 10.8. The standard InChI is InChI=1S/C12H20O2/c1-3-4-5-7-11-8-6-9-12(11)14-10(2)13/h4-5,11-12H,3,6-9H2,1-2H3/b5-4-. The maximum Gasteiger partial charge on any atom is 0.302 e. The van der Waals surface area contributed by atoms with Gasteiger partial charge < -0.3 is 4.74 Å². The molecule has 0 amide bonds. The summed E-state index contributed by atoms with van der Waals surface area (Å²) in [5, 5.41) is 0. The largest absolute Gasteiger partial charge is 0.462 e. The molecule has 0 aromatic carbocycles. The zero-order chi connectivity index (χ0) is 10.4. The third-order valence-corrected chi connectivity index (χ3v) is 2.75. The molecule has 2 nitrogen and oxygen atoms in total. The minimum absolute atomic E-state index is 0.138. The number of hydrogen-bond donors (Lipinski definition) is 0. The Bertz CT molecular complexity index is 208. The van der Waals surface area contributed by atoms with Crippen molar-refractivity contribution in [2.24, 2.45) is 5.92 Å². The van der Waals surface area contributed by atoms with Crippen LogP contribution in [0.1, 0.15) is 46.0 Å². The molecule has 80 valence electrons. The smallest absolute Gasteiger partial charge is 0.302 e. The average Bonchev–Trinajstić information content (AvgIpc) is 2.52. The molecule has 1 rings (SSSR count). The van der Waals surface area contributed by atoms with Gasteiger partial charge in [-0.2, -0.15) is 0 Å². The molecule has 0 spiro atoms. The van der Waals surface area contributed by atoms with Crippen LogP contribution in [0.3, 0.4) is 0 Å². The zero-order valence-electron chi connectivity index (χ0n) is 9.16. The summed E-state index contributed by atoms with van der Waals surface area (Å²) < 4.78 is 5.28. The van der Waals surface area contributed by atoms with E-state index < -0.39 is 0 Å². The van der Waals surface area contributed by atoms with Gasteiger partial charge in [-0.1, -0.05) is 19.1 Å². The predicted molar refractivity (Wildman–Crippen MR) is 56.9 cm³/mol.